The van der Waals surface area contributed by atoms with Crippen molar-refractivity contribution in [3.05, 3.63) is 6.07 Å². The van der Waals surface area contributed by atoms with Gasteiger partial charge >= 0.3 is 0 Å². The predicted octanol–water partition coefficient (Wildman–Crippen LogP) is 4.46. The van der Waals surface area contributed by atoms with E-state index in [-0.39, 0.29) is 0 Å². The van der Waals surface area contributed by atoms with Gasteiger partial charge in [0, 0.05) is 37.8 Å². The molecule has 0 unspecified atom stereocenters. The van der Waals surface area contributed by atoms with Crippen LogP contribution in [0.4, 0.5) is 17.6 Å². The summed E-state index contributed by atoms with van der Waals surface area (Å²) < 4.78 is 0. The Hall–Kier alpha value is -1.63. The molecule has 1 saturated carbocycles. The third kappa shape index (κ3) is 5.50. The monoisotopic (exact) mass is 416 g/mol. The number of nitrogens with zero attached hydrogens (tertiary/aromatic N) is 4. The van der Waals surface area contributed by atoms with Crippen molar-refractivity contribution in [3.8, 4) is 0 Å². The van der Waals surface area contributed by atoms with Crippen LogP contribution in [0.1, 0.15) is 77.6 Å². The maximum Gasteiger partial charge on any atom is 0.232 e. The van der Waals surface area contributed by atoms with Crippen LogP contribution in [0, 0.1) is 0 Å². The third-order valence-corrected chi connectivity index (χ3v) is 6.86. The van der Waals surface area contributed by atoms with Crippen LogP contribution >= 0.6 is 12.2 Å². The van der Waals surface area contributed by atoms with Crippen molar-refractivity contribution >= 4 is 34.9 Å². The molecule has 1 atom stereocenters. The number of anilines is 3. The Bertz CT molecular complexity index is 682. The minimum atomic E-state index is 0.491. The van der Waals surface area contributed by atoms with E-state index in [2.05, 4.69) is 33.4 Å². The van der Waals surface area contributed by atoms with Crippen molar-refractivity contribution in [2.45, 2.75) is 89.6 Å². The fraction of sp³-hybridized carbons (Fsp3) is 0.773. The van der Waals surface area contributed by atoms with E-state index >= 15 is 0 Å². The van der Waals surface area contributed by atoms with Crippen LogP contribution in [-0.2, 0) is 0 Å². The molecule has 7 heteroatoms. The second kappa shape index (κ2) is 9.92. The fourth-order valence-corrected chi connectivity index (χ4v) is 5.18. The lowest BCUT2D eigenvalue weighted by Gasteiger charge is -2.35. The summed E-state index contributed by atoms with van der Waals surface area (Å²) >= 11 is 5.59. The molecule has 0 aromatic carbocycles. The van der Waals surface area contributed by atoms with E-state index in [0.717, 1.165) is 31.3 Å². The van der Waals surface area contributed by atoms with E-state index in [0.29, 0.717) is 23.1 Å². The Morgan fingerprint density at radius 2 is 1.55 bits per heavy atom. The van der Waals surface area contributed by atoms with E-state index in [1.807, 2.05) is 0 Å². The fourth-order valence-electron chi connectivity index (χ4n) is 4.92. The number of hydrogen-bond donors (Lipinski definition) is 2. The van der Waals surface area contributed by atoms with E-state index < -0.39 is 0 Å². The normalized spacial score (nSPS) is 23.7. The molecule has 0 bridgehead atoms. The van der Waals surface area contributed by atoms with Gasteiger partial charge in [0.25, 0.3) is 0 Å². The summed E-state index contributed by atoms with van der Waals surface area (Å²) in [5.74, 6) is 2.72. The number of nitrogens with one attached hydrogen (secondary N) is 2. The van der Waals surface area contributed by atoms with E-state index in [1.165, 1.54) is 70.6 Å². The largest absolute Gasteiger partial charge is 0.360 e. The van der Waals surface area contributed by atoms with Crippen LogP contribution in [0.25, 0.3) is 0 Å². The maximum atomic E-state index is 5.59. The molecule has 1 aliphatic carbocycles. The summed E-state index contributed by atoms with van der Waals surface area (Å²) in [5.41, 5.74) is 0. The molecule has 2 saturated heterocycles. The Morgan fingerprint density at radius 1 is 0.897 bits per heavy atom. The minimum absolute atomic E-state index is 0.491. The van der Waals surface area contributed by atoms with E-state index in [4.69, 9.17) is 22.2 Å². The van der Waals surface area contributed by atoms with Crippen molar-refractivity contribution in [3.63, 3.8) is 0 Å². The van der Waals surface area contributed by atoms with Crippen LogP contribution in [-0.4, -0.2) is 46.8 Å². The SMILES string of the molecule is C[C@@H]1CCCCN1c1cc(N2CCCCCC2)nc(NC(=S)NC2CCCC2)n1. The molecule has 2 aliphatic heterocycles. The highest BCUT2D eigenvalue weighted by molar-refractivity contribution is 7.80. The molecule has 2 N–H and O–H groups in total. The highest BCUT2D eigenvalue weighted by Gasteiger charge is 2.23. The van der Waals surface area contributed by atoms with Gasteiger partial charge in [-0.1, -0.05) is 25.7 Å². The van der Waals surface area contributed by atoms with Gasteiger partial charge in [0.15, 0.2) is 5.11 Å². The lowest BCUT2D eigenvalue weighted by molar-refractivity contribution is 0.481. The standard InChI is InChI=1S/C22H36N6S/c1-17-10-6-9-15-28(17)20-16-19(27-13-7-2-3-8-14-27)24-21(25-20)26-22(29)23-18-11-4-5-12-18/h16-18H,2-15H2,1H3,(H2,23,24,25,26,29)/t17-/m1/s1. The van der Waals surface area contributed by atoms with Gasteiger partial charge in [0.1, 0.15) is 11.6 Å². The Morgan fingerprint density at radius 3 is 2.28 bits per heavy atom. The third-order valence-electron chi connectivity index (χ3n) is 6.64. The summed E-state index contributed by atoms with van der Waals surface area (Å²) in [5, 5.41) is 7.42. The van der Waals surface area contributed by atoms with Gasteiger partial charge in [-0.3, -0.25) is 0 Å². The van der Waals surface area contributed by atoms with Crippen molar-refractivity contribution in [2.75, 3.05) is 34.8 Å². The van der Waals surface area contributed by atoms with Crippen molar-refractivity contribution < 1.29 is 0 Å². The van der Waals surface area contributed by atoms with Crippen LogP contribution < -0.4 is 20.4 Å². The molecule has 0 radical (unpaired) electrons. The molecule has 1 aromatic rings. The first-order valence-corrected chi connectivity index (χ1v) is 12.1. The molecular weight excluding hydrogens is 380 g/mol. The topological polar surface area (TPSA) is 56.3 Å². The second-order valence-electron chi connectivity index (χ2n) is 8.93. The summed E-state index contributed by atoms with van der Waals surface area (Å²) in [6.45, 7) is 5.54. The zero-order valence-electron chi connectivity index (χ0n) is 17.8. The quantitative estimate of drug-likeness (QED) is 0.703. The summed E-state index contributed by atoms with van der Waals surface area (Å²) in [7, 11) is 0. The molecule has 0 spiro atoms. The van der Waals surface area contributed by atoms with Gasteiger partial charge < -0.3 is 20.4 Å². The number of thiocarbonyl (C=S) groups is 1. The predicted molar refractivity (Wildman–Crippen MR) is 125 cm³/mol. The molecule has 0 amide bonds. The van der Waals surface area contributed by atoms with Crippen molar-refractivity contribution in [1.29, 1.82) is 0 Å². The molecule has 160 valence electrons. The number of rotatable bonds is 4. The molecular formula is C22H36N6S. The zero-order chi connectivity index (χ0) is 20.1. The number of piperidine rings is 1. The van der Waals surface area contributed by atoms with Gasteiger partial charge in [-0.15, -0.1) is 0 Å². The summed E-state index contributed by atoms with van der Waals surface area (Å²) in [6, 6.07) is 3.21. The van der Waals surface area contributed by atoms with E-state index in [9.17, 15) is 0 Å². The van der Waals surface area contributed by atoms with Gasteiger partial charge in [0.2, 0.25) is 5.95 Å². The average Bonchev–Trinajstić information content (AvgIpc) is 3.07. The molecule has 4 rings (SSSR count). The van der Waals surface area contributed by atoms with E-state index in [1.54, 1.807) is 0 Å². The molecule has 3 aliphatic rings. The first kappa shape index (κ1) is 20.6. The van der Waals surface area contributed by atoms with Gasteiger partial charge in [-0.25, -0.2) is 0 Å². The highest BCUT2D eigenvalue weighted by Crippen LogP contribution is 2.28. The van der Waals surface area contributed by atoms with Crippen molar-refractivity contribution in [1.82, 2.24) is 15.3 Å². The average molecular weight is 417 g/mol. The lowest BCUT2D eigenvalue weighted by atomic mass is 10.0. The molecule has 3 fully saturated rings. The smallest absolute Gasteiger partial charge is 0.232 e. The molecule has 1 aromatic heterocycles. The molecule has 3 heterocycles. The van der Waals surface area contributed by atoms with Crippen LogP contribution in [0.5, 0.6) is 0 Å². The molecule has 6 nitrogen and oxygen atoms in total. The first-order chi connectivity index (χ1) is 14.2. The lowest BCUT2D eigenvalue weighted by Crippen LogP contribution is -2.39. The first-order valence-electron chi connectivity index (χ1n) is 11.7. The van der Waals surface area contributed by atoms with Gasteiger partial charge in [-0.2, -0.15) is 9.97 Å². The highest BCUT2D eigenvalue weighted by atomic mass is 32.1. The van der Waals surface area contributed by atoms with Crippen molar-refractivity contribution in [2.24, 2.45) is 0 Å². The Balaban J connectivity index is 1.55. The number of aromatic nitrogens is 2. The van der Waals surface area contributed by atoms with Gasteiger partial charge in [-0.05, 0) is 64.1 Å². The number of hydrogen-bond acceptors (Lipinski definition) is 5. The van der Waals surface area contributed by atoms with Crippen LogP contribution in [0.3, 0.4) is 0 Å². The Labute approximate surface area is 180 Å². The van der Waals surface area contributed by atoms with Crippen LogP contribution in [0.15, 0.2) is 6.07 Å². The van der Waals surface area contributed by atoms with Gasteiger partial charge in [0.05, 0.1) is 0 Å². The summed E-state index contributed by atoms with van der Waals surface area (Å²) in [6.07, 6.45) is 13.9. The molecule has 29 heavy (non-hydrogen) atoms. The van der Waals surface area contributed by atoms with Crippen LogP contribution in [0.2, 0.25) is 0 Å². The second-order valence-corrected chi connectivity index (χ2v) is 9.34. The summed E-state index contributed by atoms with van der Waals surface area (Å²) in [4.78, 5) is 14.7. The maximum absolute atomic E-state index is 5.59. The minimum Gasteiger partial charge on any atom is -0.360 e. The zero-order valence-corrected chi connectivity index (χ0v) is 18.6. The Kier molecular flexibility index (Phi) is 7.06.